The Kier molecular flexibility index (Phi) is 6.93. The predicted octanol–water partition coefficient (Wildman–Crippen LogP) is 5.87. The lowest BCUT2D eigenvalue weighted by Crippen LogP contribution is -2.19. The minimum atomic E-state index is -4.45. The fourth-order valence-corrected chi connectivity index (χ4v) is 4.50. The maximum absolute atomic E-state index is 13.5. The molecule has 178 valence electrons. The lowest BCUT2D eigenvalue weighted by atomic mass is 9.94. The van der Waals surface area contributed by atoms with E-state index in [0.717, 1.165) is 18.9 Å². The van der Waals surface area contributed by atoms with Crippen molar-refractivity contribution >= 4 is 5.97 Å². The van der Waals surface area contributed by atoms with Crippen LogP contribution in [0, 0.1) is 0 Å². The Balaban J connectivity index is 1.71. The number of alkyl halides is 3. The van der Waals surface area contributed by atoms with Crippen molar-refractivity contribution in [1.82, 2.24) is 5.32 Å². The standard InChI is InChI=1S/C27H26F3NO3/c1-33-25-12-7-17(14-26(32)34-2)13-23(25)21-10-9-20(27(28,29)30)15-19(21)16-31-24-11-8-18-5-3-4-6-22(18)24/h3-7,9-10,12-13,15,24,31H,8,11,14,16H2,1-2H3/t24-/m0/s1. The molecule has 4 rings (SSSR count). The molecule has 0 saturated carbocycles. The number of hydrogen-bond acceptors (Lipinski definition) is 4. The van der Waals surface area contributed by atoms with Crippen LogP contribution in [-0.2, 0) is 35.1 Å². The zero-order chi connectivity index (χ0) is 24.3. The average Bonchev–Trinajstić information content (AvgIpc) is 3.25. The fourth-order valence-electron chi connectivity index (χ4n) is 4.50. The molecular formula is C27H26F3NO3. The Morgan fingerprint density at radius 3 is 2.56 bits per heavy atom. The van der Waals surface area contributed by atoms with Gasteiger partial charge in [0.05, 0.1) is 26.2 Å². The predicted molar refractivity (Wildman–Crippen MR) is 123 cm³/mol. The van der Waals surface area contributed by atoms with Crippen LogP contribution in [0.15, 0.2) is 60.7 Å². The van der Waals surface area contributed by atoms with Gasteiger partial charge in [-0.05, 0) is 64.9 Å². The second-order valence-corrected chi connectivity index (χ2v) is 8.33. The highest BCUT2D eigenvalue weighted by molar-refractivity contribution is 5.77. The van der Waals surface area contributed by atoms with Gasteiger partial charge in [-0.3, -0.25) is 4.79 Å². The first-order valence-electron chi connectivity index (χ1n) is 11.1. The van der Waals surface area contributed by atoms with Crippen LogP contribution >= 0.6 is 0 Å². The van der Waals surface area contributed by atoms with Crippen molar-refractivity contribution in [2.75, 3.05) is 14.2 Å². The zero-order valence-corrected chi connectivity index (χ0v) is 19.0. The molecule has 7 heteroatoms. The summed E-state index contributed by atoms with van der Waals surface area (Å²) in [4.78, 5) is 11.8. The second-order valence-electron chi connectivity index (χ2n) is 8.33. The van der Waals surface area contributed by atoms with Crippen LogP contribution in [-0.4, -0.2) is 20.2 Å². The number of rotatable bonds is 7. The molecule has 1 aliphatic carbocycles. The number of hydrogen-bond donors (Lipinski definition) is 1. The van der Waals surface area contributed by atoms with Gasteiger partial charge >= 0.3 is 12.1 Å². The van der Waals surface area contributed by atoms with Crippen molar-refractivity contribution in [2.45, 2.75) is 38.0 Å². The van der Waals surface area contributed by atoms with Crippen LogP contribution in [0.4, 0.5) is 13.2 Å². The number of nitrogens with one attached hydrogen (secondary N) is 1. The Morgan fingerprint density at radius 2 is 1.82 bits per heavy atom. The van der Waals surface area contributed by atoms with Crippen molar-refractivity contribution in [3.63, 3.8) is 0 Å². The smallest absolute Gasteiger partial charge is 0.416 e. The Hall–Kier alpha value is -3.32. The lowest BCUT2D eigenvalue weighted by Gasteiger charge is -2.19. The number of fused-ring (bicyclic) bond motifs is 1. The molecule has 0 fully saturated rings. The highest BCUT2D eigenvalue weighted by atomic mass is 19.4. The third-order valence-corrected chi connectivity index (χ3v) is 6.23. The van der Waals surface area contributed by atoms with Crippen molar-refractivity contribution in [2.24, 2.45) is 0 Å². The normalized spacial score (nSPS) is 15.1. The van der Waals surface area contributed by atoms with E-state index < -0.39 is 17.7 Å². The van der Waals surface area contributed by atoms with Crippen LogP contribution in [0.1, 0.15) is 40.3 Å². The monoisotopic (exact) mass is 469 g/mol. The highest BCUT2D eigenvalue weighted by Gasteiger charge is 2.31. The maximum atomic E-state index is 13.5. The molecule has 0 bridgehead atoms. The van der Waals surface area contributed by atoms with E-state index in [1.54, 1.807) is 18.2 Å². The van der Waals surface area contributed by atoms with E-state index in [0.29, 0.717) is 28.0 Å². The first-order valence-corrected chi connectivity index (χ1v) is 11.1. The van der Waals surface area contributed by atoms with E-state index in [-0.39, 0.29) is 19.0 Å². The summed E-state index contributed by atoms with van der Waals surface area (Å²) in [6, 6.07) is 17.2. The van der Waals surface area contributed by atoms with Gasteiger partial charge in [-0.1, -0.05) is 36.4 Å². The van der Waals surface area contributed by atoms with E-state index in [9.17, 15) is 18.0 Å². The minimum absolute atomic E-state index is 0.0561. The summed E-state index contributed by atoms with van der Waals surface area (Å²) in [5, 5.41) is 3.45. The van der Waals surface area contributed by atoms with E-state index in [1.165, 1.54) is 37.5 Å². The molecule has 0 aromatic heterocycles. The van der Waals surface area contributed by atoms with Gasteiger partial charge in [-0.2, -0.15) is 13.2 Å². The Labute approximate surface area is 196 Å². The van der Waals surface area contributed by atoms with Gasteiger partial charge in [0, 0.05) is 18.2 Å². The summed E-state index contributed by atoms with van der Waals surface area (Å²) in [6.07, 6.45) is -2.57. The summed E-state index contributed by atoms with van der Waals surface area (Å²) in [7, 11) is 2.82. The van der Waals surface area contributed by atoms with E-state index in [4.69, 9.17) is 9.47 Å². The third-order valence-electron chi connectivity index (χ3n) is 6.23. The molecule has 3 aromatic carbocycles. The number of methoxy groups -OCH3 is 2. The van der Waals surface area contributed by atoms with E-state index >= 15 is 0 Å². The summed E-state index contributed by atoms with van der Waals surface area (Å²) in [5.41, 5.74) is 4.19. The topological polar surface area (TPSA) is 47.6 Å². The van der Waals surface area contributed by atoms with Crippen LogP contribution in [0.3, 0.4) is 0 Å². The van der Waals surface area contributed by atoms with Gasteiger partial charge in [0.15, 0.2) is 0 Å². The molecule has 0 saturated heterocycles. The van der Waals surface area contributed by atoms with Crippen molar-refractivity contribution < 1.29 is 27.4 Å². The van der Waals surface area contributed by atoms with E-state index in [2.05, 4.69) is 17.4 Å². The summed E-state index contributed by atoms with van der Waals surface area (Å²) >= 11 is 0. The quantitative estimate of drug-likeness (QED) is 0.440. The molecule has 0 radical (unpaired) electrons. The molecule has 1 N–H and O–H groups in total. The maximum Gasteiger partial charge on any atom is 0.416 e. The lowest BCUT2D eigenvalue weighted by molar-refractivity contribution is -0.140. The number of benzene rings is 3. The average molecular weight is 470 g/mol. The van der Waals surface area contributed by atoms with Crippen LogP contribution in [0.2, 0.25) is 0 Å². The van der Waals surface area contributed by atoms with Gasteiger partial charge in [0.2, 0.25) is 0 Å². The fraction of sp³-hybridized carbons (Fsp3) is 0.296. The molecular weight excluding hydrogens is 443 g/mol. The first-order chi connectivity index (χ1) is 16.3. The molecule has 34 heavy (non-hydrogen) atoms. The van der Waals surface area contributed by atoms with Crippen molar-refractivity contribution in [3.8, 4) is 16.9 Å². The van der Waals surface area contributed by atoms with Crippen molar-refractivity contribution in [1.29, 1.82) is 0 Å². The first kappa shape index (κ1) is 23.8. The van der Waals surface area contributed by atoms with Crippen LogP contribution in [0.5, 0.6) is 5.75 Å². The van der Waals surface area contributed by atoms with E-state index in [1.807, 2.05) is 12.1 Å². The molecule has 1 atom stereocenters. The van der Waals surface area contributed by atoms with Crippen LogP contribution in [0.25, 0.3) is 11.1 Å². The number of halogens is 3. The number of ether oxygens (including phenoxy) is 2. The van der Waals surface area contributed by atoms with Gasteiger partial charge in [-0.15, -0.1) is 0 Å². The third kappa shape index (κ3) is 5.09. The van der Waals surface area contributed by atoms with Crippen molar-refractivity contribution in [3.05, 3.63) is 88.5 Å². The minimum Gasteiger partial charge on any atom is -0.496 e. The Bertz CT molecular complexity index is 1190. The molecule has 0 amide bonds. The highest BCUT2D eigenvalue weighted by Crippen LogP contribution is 2.38. The largest absolute Gasteiger partial charge is 0.496 e. The summed E-state index contributed by atoms with van der Waals surface area (Å²) in [5.74, 6) is 0.117. The summed E-state index contributed by atoms with van der Waals surface area (Å²) < 4.78 is 50.9. The SMILES string of the molecule is COC(=O)Cc1ccc(OC)c(-c2ccc(C(F)(F)F)cc2CN[C@H]2CCc3ccccc32)c1. The van der Waals surface area contributed by atoms with Gasteiger partial charge in [0.1, 0.15) is 5.75 Å². The molecule has 4 nitrogen and oxygen atoms in total. The van der Waals surface area contributed by atoms with Crippen LogP contribution < -0.4 is 10.1 Å². The van der Waals surface area contributed by atoms with Gasteiger partial charge < -0.3 is 14.8 Å². The molecule has 0 unspecified atom stereocenters. The number of carbonyl (C=O) groups excluding carboxylic acids is 1. The molecule has 0 aliphatic heterocycles. The molecule has 3 aromatic rings. The number of aryl methyl sites for hydroxylation is 1. The number of esters is 1. The molecule has 0 spiro atoms. The Morgan fingerprint density at radius 1 is 1.03 bits per heavy atom. The molecule has 1 aliphatic rings. The van der Waals surface area contributed by atoms with Gasteiger partial charge in [0.25, 0.3) is 0 Å². The molecule has 0 heterocycles. The summed E-state index contributed by atoms with van der Waals surface area (Å²) in [6.45, 7) is 0.253. The second kappa shape index (κ2) is 9.89. The van der Waals surface area contributed by atoms with Gasteiger partial charge in [-0.25, -0.2) is 0 Å². The zero-order valence-electron chi connectivity index (χ0n) is 19.0. The number of carbonyl (C=O) groups is 1.